The Hall–Kier alpha value is -0.0900. The van der Waals surface area contributed by atoms with Crippen molar-refractivity contribution in [3.8, 4) is 0 Å². The van der Waals surface area contributed by atoms with Gasteiger partial charge in [-0.3, -0.25) is 0 Å². The van der Waals surface area contributed by atoms with E-state index in [1.807, 2.05) is 6.07 Å². The minimum atomic E-state index is -0.0456. The van der Waals surface area contributed by atoms with Gasteiger partial charge in [-0.25, -0.2) is 0 Å². The Balaban J connectivity index is 2.22. The highest BCUT2D eigenvalue weighted by Gasteiger charge is 2.30. The standard InChI is InChI=1S/C9H12ClNOS/c1-9(6-12-5-4-11-9)7-2-3-8(10)13-7/h2-3,11H,4-6H2,1H3. The normalized spacial score (nSPS) is 29.1. The molecule has 1 atom stereocenters. The van der Waals surface area contributed by atoms with E-state index in [0.717, 1.165) is 24.1 Å². The van der Waals surface area contributed by atoms with Gasteiger partial charge in [0.15, 0.2) is 0 Å². The largest absolute Gasteiger partial charge is 0.378 e. The Kier molecular flexibility index (Phi) is 2.60. The Morgan fingerprint density at radius 2 is 2.46 bits per heavy atom. The number of thiophene rings is 1. The number of nitrogens with one attached hydrogen (secondary N) is 1. The molecule has 1 N–H and O–H groups in total. The van der Waals surface area contributed by atoms with Crippen LogP contribution in [0.15, 0.2) is 12.1 Å². The Morgan fingerprint density at radius 1 is 1.62 bits per heavy atom. The zero-order chi connectivity index (χ0) is 9.31. The zero-order valence-electron chi connectivity index (χ0n) is 7.47. The molecule has 1 aliphatic rings. The van der Waals surface area contributed by atoms with Gasteiger partial charge in [0.2, 0.25) is 0 Å². The molecular weight excluding hydrogens is 206 g/mol. The summed E-state index contributed by atoms with van der Waals surface area (Å²) in [6, 6.07) is 4.00. The molecule has 4 heteroatoms. The second-order valence-corrected chi connectivity index (χ2v) is 5.13. The van der Waals surface area contributed by atoms with Crippen molar-refractivity contribution in [1.29, 1.82) is 0 Å². The van der Waals surface area contributed by atoms with Crippen LogP contribution in [0.4, 0.5) is 0 Å². The lowest BCUT2D eigenvalue weighted by molar-refractivity contribution is 0.0354. The minimum absolute atomic E-state index is 0.0456. The third-order valence-electron chi connectivity index (χ3n) is 2.27. The number of hydrogen-bond acceptors (Lipinski definition) is 3. The van der Waals surface area contributed by atoms with Gasteiger partial charge in [-0.15, -0.1) is 11.3 Å². The first-order valence-corrected chi connectivity index (χ1v) is 5.49. The van der Waals surface area contributed by atoms with Crippen molar-refractivity contribution in [2.45, 2.75) is 12.5 Å². The molecule has 13 heavy (non-hydrogen) atoms. The molecule has 2 nitrogen and oxygen atoms in total. The van der Waals surface area contributed by atoms with Crippen LogP contribution in [-0.2, 0) is 10.3 Å². The lowest BCUT2D eigenvalue weighted by atomic mass is 10.0. The summed E-state index contributed by atoms with van der Waals surface area (Å²) in [5.74, 6) is 0. The van der Waals surface area contributed by atoms with Gasteiger partial charge < -0.3 is 10.1 Å². The monoisotopic (exact) mass is 217 g/mol. The van der Waals surface area contributed by atoms with Crippen LogP contribution in [0.3, 0.4) is 0 Å². The number of rotatable bonds is 1. The molecule has 0 radical (unpaired) electrons. The maximum Gasteiger partial charge on any atom is 0.0931 e. The fourth-order valence-corrected chi connectivity index (χ4v) is 2.65. The predicted octanol–water partition coefficient (Wildman–Crippen LogP) is 2.24. The van der Waals surface area contributed by atoms with Crippen molar-refractivity contribution in [3.05, 3.63) is 21.3 Å². The fraction of sp³-hybridized carbons (Fsp3) is 0.556. The molecule has 1 unspecified atom stereocenters. The first-order chi connectivity index (χ1) is 6.21. The summed E-state index contributed by atoms with van der Waals surface area (Å²) in [5, 5.41) is 3.45. The molecule has 0 amide bonds. The molecule has 0 saturated carbocycles. The molecule has 2 rings (SSSR count). The molecule has 1 aromatic rings. The Bertz CT molecular complexity index is 294. The van der Waals surface area contributed by atoms with E-state index >= 15 is 0 Å². The van der Waals surface area contributed by atoms with Crippen LogP contribution in [0, 0.1) is 0 Å². The lowest BCUT2D eigenvalue weighted by Crippen LogP contribution is -2.48. The van der Waals surface area contributed by atoms with E-state index in [-0.39, 0.29) is 5.54 Å². The van der Waals surface area contributed by atoms with Gasteiger partial charge in [0, 0.05) is 11.4 Å². The van der Waals surface area contributed by atoms with Gasteiger partial charge in [-0.1, -0.05) is 11.6 Å². The predicted molar refractivity (Wildman–Crippen MR) is 55.5 cm³/mol. The molecular formula is C9H12ClNOS. The summed E-state index contributed by atoms with van der Waals surface area (Å²) < 4.78 is 6.29. The topological polar surface area (TPSA) is 21.3 Å². The van der Waals surface area contributed by atoms with Crippen LogP contribution >= 0.6 is 22.9 Å². The maximum absolute atomic E-state index is 5.89. The van der Waals surface area contributed by atoms with Crippen LogP contribution in [0.5, 0.6) is 0 Å². The van der Waals surface area contributed by atoms with E-state index in [1.54, 1.807) is 11.3 Å². The van der Waals surface area contributed by atoms with Crippen molar-refractivity contribution >= 4 is 22.9 Å². The number of halogens is 1. The Morgan fingerprint density at radius 3 is 3.00 bits per heavy atom. The summed E-state index contributed by atoms with van der Waals surface area (Å²) in [7, 11) is 0. The van der Waals surface area contributed by atoms with E-state index in [9.17, 15) is 0 Å². The summed E-state index contributed by atoms with van der Waals surface area (Å²) in [5.41, 5.74) is -0.0456. The molecule has 0 aliphatic carbocycles. The minimum Gasteiger partial charge on any atom is -0.378 e. The molecule has 0 aromatic carbocycles. The number of ether oxygens (including phenoxy) is 1. The van der Waals surface area contributed by atoms with Crippen LogP contribution < -0.4 is 5.32 Å². The Labute approximate surface area is 86.9 Å². The smallest absolute Gasteiger partial charge is 0.0931 e. The number of hydrogen-bond donors (Lipinski definition) is 1. The van der Waals surface area contributed by atoms with Crippen molar-refractivity contribution in [3.63, 3.8) is 0 Å². The highest BCUT2D eigenvalue weighted by molar-refractivity contribution is 7.16. The van der Waals surface area contributed by atoms with Crippen molar-refractivity contribution in [2.75, 3.05) is 19.8 Å². The first kappa shape index (κ1) is 9.46. The quantitative estimate of drug-likeness (QED) is 0.779. The highest BCUT2D eigenvalue weighted by Crippen LogP contribution is 2.32. The van der Waals surface area contributed by atoms with Crippen molar-refractivity contribution < 1.29 is 4.74 Å². The zero-order valence-corrected chi connectivity index (χ0v) is 9.04. The maximum atomic E-state index is 5.89. The average Bonchev–Trinajstić information content (AvgIpc) is 2.54. The van der Waals surface area contributed by atoms with Gasteiger partial charge in [-0.05, 0) is 19.1 Å². The molecule has 1 aliphatic heterocycles. The van der Waals surface area contributed by atoms with E-state index in [4.69, 9.17) is 16.3 Å². The van der Waals surface area contributed by atoms with E-state index < -0.39 is 0 Å². The molecule has 0 spiro atoms. The first-order valence-electron chi connectivity index (χ1n) is 4.29. The summed E-state index contributed by atoms with van der Waals surface area (Å²) in [6.45, 7) is 4.58. The van der Waals surface area contributed by atoms with Crippen LogP contribution in [0.2, 0.25) is 4.34 Å². The van der Waals surface area contributed by atoms with E-state index in [2.05, 4.69) is 18.3 Å². The molecule has 1 saturated heterocycles. The summed E-state index contributed by atoms with van der Waals surface area (Å²) >= 11 is 7.51. The SMILES string of the molecule is CC1(c2ccc(Cl)s2)COCCN1. The van der Waals surface area contributed by atoms with Crippen LogP contribution in [0.1, 0.15) is 11.8 Å². The summed E-state index contributed by atoms with van der Waals surface area (Å²) in [4.78, 5) is 1.25. The van der Waals surface area contributed by atoms with Crippen molar-refractivity contribution in [1.82, 2.24) is 5.32 Å². The van der Waals surface area contributed by atoms with Gasteiger partial charge in [-0.2, -0.15) is 0 Å². The third kappa shape index (κ3) is 1.89. The van der Waals surface area contributed by atoms with Gasteiger partial charge >= 0.3 is 0 Å². The molecule has 1 fully saturated rings. The second-order valence-electron chi connectivity index (χ2n) is 3.42. The molecule has 1 aromatic heterocycles. The van der Waals surface area contributed by atoms with Gasteiger partial charge in [0.05, 0.1) is 23.1 Å². The lowest BCUT2D eigenvalue weighted by Gasteiger charge is -2.33. The van der Waals surface area contributed by atoms with Crippen molar-refractivity contribution in [2.24, 2.45) is 0 Å². The fourth-order valence-electron chi connectivity index (χ4n) is 1.50. The van der Waals surface area contributed by atoms with Gasteiger partial charge in [0.1, 0.15) is 0 Å². The molecule has 72 valence electrons. The van der Waals surface area contributed by atoms with Crippen LogP contribution in [-0.4, -0.2) is 19.8 Å². The molecule has 0 bridgehead atoms. The third-order valence-corrected chi connectivity index (χ3v) is 3.76. The van der Waals surface area contributed by atoms with Gasteiger partial charge in [0.25, 0.3) is 0 Å². The molecule has 2 heterocycles. The number of morpholine rings is 1. The highest BCUT2D eigenvalue weighted by atomic mass is 35.5. The van der Waals surface area contributed by atoms with Crippen LogP contribution in [0.25, 0.3) is 0 Å². The van der Waals surface area contributed by atoms with E-state index in [1.165, 1.54) is 4.88 Å². The summed E-state index contributed by atoms with van der Waals surface area (Å²) in [6.07, 6.45) is 0. The average molecular weight is 218 g/mol. The second kappa shape index (κ2) is 3.58. The van der Waals surface area contributed by atoms with E-state index in [0.29, 0.717) is 0 Å².